The maximum Gasteiger partial charge on any atom is 0.0936 e. The van der Waals surface area contributed by atoms with Crippen molar-refractivity contribution >= 4 is 16.7 Å². The second kappa shape index (κ2) is 2.44. The predicted octanol–water partition coefficient (Wildman–Crippen LogP) is 1.52. The van der Waals surface area contributed by atoms with Crippen molar-refractivity contribution in [3.63, 3.8) is 0 Å². The summed E-state index contributed by atoms with van der Waals surface area (Å²) in [6.45, 7) is 1.95. The van der Waals surface area contributed by atoms with Crippen molar-refractivity contribution in [2.75, 3.05) is 5.73 Å². The largest absolute Gasteiger partial charge is 0.398 e. The van der Waals surface area contributed by atoms with Crippen LogP contribution in [0.15, 0.2) is 24.5 Å². The van der Waals surface area contributed by atoms with E-state index in [1.807, 2.05) is 19.1 Å². The number of hydrogen-bond acceptors (Lipinski definition) is 3. The lowest BCUT2D eigenvalue weighted by Crippen LogP contribution is -1.92. The Kier molecular flexibility index (Phi) is 1.43. The second-order valence-corrected chi connectivity index (χ2v) is 2.70. The number of benzene rings is 1. The van der Waals surface area contributed by atoms with Crippen molar-refractivity contribution in [3.8, 4) is 0 Å². The lowest BCUT2D eigenvalue weighted by atomic mass is 10.1. The molecule has 0 aliphatic heterocycles. The van der Waals surface area contributed by atoms with Gasteiger partial charge in [-0.05, 0) is 24.6 Å². The Hall–Kier alpha value is -1.64. The lowest BCUT2D eigenvalue weighted by Gasteiger charge is -2.02. The van der Waals surface area contributed by atoms with Crippen LogP contribution in [0.1, 0.15) is 5.56 Å². The first-order valence-corrected chi connectivity index (χ1v) is 3.75. The SMILES string of the molecule is Cc1c(N)ccc2nccnc12. The molecule has 2 N–H and O–H groups in total. The molecule has 1 aromatic carbocycles. The molecule has 0 atom stereocenters. The minimum absolute atomic E-state index is 0.767. The van der Waals surface area contributed by atoms with Crippen LogP contribution in [0.3, 0.4) is 0 Å². The molecule has 0 spiro atoms. The molecule has 0 fully saturated rings. The third-order valence-corrected chi connectivity index (χ3v) is 1.94. The first kappa shape index (κ1) is 7.03. The molecule has 3 heteroatoms. The molecule has 0 saturated carbocycles. The summed E-state index contributed by atoms with van der Waals surface area (Å²) in [6.07, 6.45) is 3.35. The average Bonchev–Trinajstić information content (AvgIpc) is 2.12. The highest BCUT2D eigenvalue weighted by atomic mass is 14.8. The van der Waals surface area contributed by atoms with Gasteiger partial charge >= 0.3 is 0 Å². The number of fused-ring (bicyclic) bond motifs is 1. The Bertz CT molecular complexity index is 423. The second-order valence-electron chi connectivity index (χ2n) is 2.70. The van der Waals surface area contributed by atoms with Gasteiger partial charge < -0.3 is 5.73 Å². The predicted molar refractivity (Wildman–Crippen MR) is 48.7 cm³/mol. The van der Waals surface area contributed by atoms with Crippen molar-refractivity contribution in [1.82, 2.24) is 9.97 Å². The zero-order valence-electron chi connectivity index (χ0n) is 6.78. The summed E-state index contributed by atoms with van der Waals surface area (Å²) in [6, 6.07) is 3.73. The van der Waals surface area contributed by atoms with Gasteiger partial charge in [0.25, 0.3) is 0 Å². The fourth-order valence-corrected chi connectivity index (χ4v) is 1.19. The van der Waals surface area contributed by atoms with Crippen LogP contribution in [0.5, 0.6) is 0 Å². The molecule has 2 aromatic rings. The van der Waals surface area contributed by atoms with Gasteiger partial charge in [-0.2, -0.15) is 0 Å². The van der Waals surface area contributed by atoms with Gasteiger partial charge in [-0.3, -0.25) is 9.97 Å². The zero-order chi connectivity index (χ0) is 8.55. The summed E-state index contributed by atoms with van der Waals surface area (Å²) < 4.78 is 0. The number of aromatic nitrogens is 2. The summed E-state index contributed by atoms with van der Waals surface area (Å²) in [5, 5.41) is 0. The van der Waals surface area contributed by atoms with E-state index in [2.05, 4.69) is 9.97 Å². The number of rotatable bonds is 0. The molecule has 0 aliphatic carbocycles. The molecule has 0 bridgehead atoms. The van der Waals surface area contributed by atoms with Crippen LogP contribution in [0.4, 0.5) is 5.69 Å². The fraction of sp³-hybridized carbons (Fsp3) is 0.111. The summed E-state index contributed by atoms with van der Waals surface area (Å²) in [4.78, 5) is 8.36. The average molecular weight is 159 g/mol. The van der Waals surface area contributed by atoms with E-state index in [0.29, 0.717) is 0 Å². The van der Waals surface area contributed by atoms with Crippen LogP contribution in [0, 0.1) is 6.92 Å². The Morgan fingerprint density at radius 1 is 1.17 bits per heavy atom. The van der Waals surface area contributed by atoms with E-state index in [1.54, 1.807) is 12.4 Å². The quantitative estimate of drug-likeness (QED) is 0.593. The van der Waals surface area contributed by atoms with Crippen molar-refractivity contribution in [3.05, 3.63) is 30.1 Å². The number of aryl methyl sites for hydroxylation is 1. The third-order valence-electron chi connectivity index (χ3n) is 1.94. The molecule has 1 heterocycles. The standard InChI is InChI=1S/C9H9N3/c1-6-7(10)2-3-8-9(6)12-5-4-11-8/h2-5H,10H2,1H3. The first-order chi connectivity index (χ1) is 5.79. The smallest absolute Gasteiger partial charge is 0.0936 e. The van der Waals surface area contributed by atoms with Crippen LogP contribution in [0.2, 0.25) is 0 Å². The van der Waals surface area contributed by atoms with Gasteiger partial charge in [0.05, 0.1) is 11.0 Å². The van der Waals surface area contributed by atoms with Gasteiger partial charge in [-0.1, -0.05) is 0 Å². The van der Waals surface area contributed by atoms with E-state index in [-0.39, 0.29) is 0 Å². The van der Waals surface area contributed by atoms with Gasteiger partial charge in [-0.25, -0.2) is 0 Å². The molecule has 2 rings (SSSR count). The highest BCUT2D eigenvalue weighted by Gasteiger charge is 2.00. The topological polar surface area (TPSA) is 51.8 Å². The minimum atomic E-state index is 0.767. The minimum Gasteiger partial charge on any atom is -0.398 e. The van der Waals surface area contributed by atoms with Crippen LogP contribution in [-0.4, -0.2) is 9.97 Å². The number of nitrogens with zero attached hydrogens (tertiary/aromatic N) is 2. The zero-order valence-corrected chi connectivity index (χ0v) is 6.78. The number of anilines is 1. The molecule has 0 radical (unpaired) electrons. The molecule has 12 heavy (non-hydrogen) atoms. The molecule has 0 saturated heterocycles. The Morgan fingerprint density at radius 3 is 2.75 bits per heavy atom. The van der Waals surface area contributed by atoms with E-state index in [9.17, 15) is 0 Å². The lowest BCUT2D eigenvalue weighted by molar-refractivity contribution is 1.27. The van der Waals surface area contributed by atoms with E-state index < -0.39 is 0 Å². The van der Waals surface area contributed by atoms with E-state index in [1.165, 1.54) is 0 Å². The van der Waals surface area contributed by atoms with Crippen molar-refractivity contribution in [2.45, 2.75) is 6.92 Å². The van der Waals surface area contributed by atoms with Gasteiger partial charge in [0.2, 0.25) is 0 Å². The molecule has 1 aromatic heterocycles. The number of nitrogens with two attached hydrogens (primary N) is 1. The van der Waals surface area contributed by atoms with Gasteiger partial charge in [0.15, 0.2) is 0 Å². The third kappa shape index (κ3) is 0.906. The van der Waals surface area contributed by atoms with Crippen LogP contribution in [-0.2, 0) is 0 Å². The van der Waals surface area contributed by atoms with Crippen LogP contribution in [0.25, 0.3) is 11.0 Å². The van der Waals surface area contributed by atoms with Gasteiger partial charge in [0.1, 0.15) is 0 Å². The summed E-state index contributed by atoms with van der Waals surface area (Å²) >= 11 is 0. The van der Waals surface area contributed by atoms with Crippen molar-refractivity contribution in [2.24, 2.45) is 0 Å². The summed E-state index contributed by atoms with van der Waals surface area (Å²) in [5.41, 5.74) is 9.26. The number of hydrogen-bond donors (Lipinski definition) is 1. The maximum absolute atomic E-state index is 5.72. The highest BCUT2D eigenvalue weighted by Crippen LogP contribution is 2.18. The van der Waals surface area contributed by atoms with Crippen LogP contribution < -0.4 is 5.73 Å². The molecule has 60 valence electrons. The first-order valence-electron chi connectivity index (χ1n) is 3.75. The molecule has 0 unspecified atom stereocenters. The molecular formula is C9H9N3. The Balaban J connectivity index is 2.91. The fourth-order valence-electron chi connectivity index (χ4n) is 1.19. The van der Waals surface area contributed by atoms with Gasteiger partial charge in [-0.15, -0.1) is 0 Å². The molecule has 0 amide bonds. The molecule has 0 aliphatic rings. The van der Waals surface area contributed by atoms with Crippen molar-refractivity contribution < 1.29 is 0 Å². The van der Waals surface area contributed by atoms with Gasteiger partial charge in [0, 0.05) is 18.1 Å². The molecule has 3 nitrogen and oxygen atoms in total. The van der Waals surface area contributed by atoms with E-state index >= 15 is 0 Å². The number of nitrogen functional groups attached to an aromatic ring is 1. The van der Waals surface area contributed by atoms with Crippen molar-refractivity contribution in [1.29, 1.82) is 0 Å². The maximum atomic E-state index is 5.72. The van der Waals surface area contributed by atoms with E-state index in [4.69, 9.17) is 5.73 Å². The monoisotopic (exact) mass is 159 g/mol. The molecular weight excluding hydrogens is 150 g/mol. The van der Waals surface area contributed by atoms with Crippen LogP contribution >= 0.6 is 0 Å². The normalized spacial score (nSPS) is 10.4. The summed E-state index contributed by atoms with van der Waals surface area (Å²) in [7, 11) is 0. The van der Waals surface area contributed by atoms with E-state index in [0.717, 1.165) is 22.3 Å². The Morgan fingerprint density at radius 2 is 1.92 bits per heavy atom. The summed E-state index contributed by atoms with van der Waals surface area (Å²) in [5.74, 6) is 0. The Labute approximate surface area is 70.3 Å². The highest BCUT2D eigenvalue weighted by molar-refractivity contribution is 5.82.